The number of rotatable bonds is 7. The first-order valence-electron chi connectivity index (χ1n) is 9.92. The van der Waals surface area contributed by atoms with Crippen LogP contribution in [0, 0.1) is 11.3 Å². The quantitative estimate of drug-likeness (QED) is 0.549. The molecule has 8 heteroatoms. The molecule has 0 radical (unpaired) electrons. The summed E-state index contributed by atoms with van der Waals surface area (Å²) >= 11 is 1.43. The van der Waals surface area contributed by atoms with Crippen LogP contribution in [0.1, 0.15) is 45.2 Å². The number of carbonyl (C=O) groups is 2. The van der Waals surface area contributed by atoms with Crippen LogP contribution in [0.3, 0.4) is 0 Å². The fourth-order valence-electron chi connectivity index (χ4n) is 3.37. The first-order valence-corrected chi connectivity index (χ1v) is 10.7. The van der Waals surface area contributed by atoms with Gasteiger partial charge in [0.25, 0.3) is 5.91 Å². The van der Waals surface area contributed by atoms with E-state index in [9.17, 15) is 14.9 Å². The molecule has 2 aromatic heterocycles. The summed E-state index contributed by atoms with van der Waals surface area (Å²) in [6, 6.07) is 14.5. The smallest absolute Gasteiger partial charge is 0.374 e. The van der Waals surface area contributed by atoms with Crippen molar-refractivity contribution < 1.29 is 23.5 Å². The molecular weight excluding hydrogens is 416 g/mol. The molecule has 1 aliphatic rings. The molecule has 1 aromatic carbocycles. The maximum atomic E-state index is 12.3. The van der Waals surface area contributed by atoms with Gasteiger partial charge < -0.3 is 19.2 Å². The average molecular weight is 436 g/mol. The molecule has 0 fully saturated rings. The molecule has 158 valence electrons. The highest BCUT2D eigenvalue weighted by Crippen LogP contribution is 2.37. The number of nitrogens with one attached hydrogen (secondary N) is 1. The molecular formula is C23H20N2O5S. The Morgan fingerprint density at radius 1 is 1.13 bits per heavy atom. The zero-order valence-electron chi connectivity index (χ0n) is 16.7. The maximum Gasteiger partial charge on any atom is 0.374 e. The maximum absolute atomic E-state index is 12.3. The minimum atomic E-state index is -0.743. The highest BCUT2D eigenvalue weighted by Gasteiger charge is 2.22. The van der Waals surface area contributed by atoms with Crippen molar-refractivity contribution in [3.63, 3.8) is 0 Å². The molecule has 1 aliphatic carbocycles. The average Bonchev–Trinajstić information content (AvgIpc) is 3.41. The number of esters is 1. The second kappa shape index (κ2) is 9.49. The van der Waals surface area contributed by atoms with Gasteiger partial charge in [0.2, 0.25) is 5.76 Å². The van der Waals surface area contributed by atoms with Gasteiger partial charge in [0.15, 0.2) is 6.61 Å². The number of benzene rings is 1. The molecule has 0 saturated carbocycles. The van der Waals surface area contributed by atoms with Crippen molar-refractivity contribution in [2.45, 2.75) is 32.3 Å². The first kappa shape index (κ1) is 20.7. The van der Waals surface area contributed by atoms with E-state index in [0.29, 0.717) is 22.1 Å². The molecule has 0 saturated heterocycles. The summed E-state index contributed by atoms with van der Waals surface area (Å²) in [5, 5.41) is 12.7. The Labute approximate surface area is 183 Å². The number of para-hydroxylation sites is 1. The lowest BCUT2D eigenvalue weighted by atomic mass is 9.96. The fraction of sp³-hybridized carbons (Fsp3) is 0.261. The zero-order chi connectivity index (χ0) is 21.6. The van der Waals surface area contributed by atoms with Gasteiger partial charge in [-0.05, 0) is 55.5 Å². The van der Waals surface area contributed by atoms with Crippen LogP contribution >= 0.6 is 11.3 Å². The number of hydrogen-bond donors (Lipinski definition) is 1. The van der Waals surface area contributed by atoms with Crippen molar-refractivity contribution in [2.75, 3.05) is 11.9 Å². The lowest BCUT2D eigenvalue weighted by Gasteiger charge is -2.09. The highest BCUT2D eigenvalue weighted by molar-refractivity contribution is 7.16. The van der Waals surface area contributed by atoms with Gasteiger partial charge in [-0.15, -0.1) is 11.3 Å². The summed E-state index contributed by atoms with van der Waals surface area (Å²) in [5.41, 5.74) is 1.56. The van der Waals surface area contributed by atoms with E-state index in [0.717, 1.165) is 36.1 Å². The van der Waals surface area contributed by atoms with Crippen molar-refractivity contribution in [1.82, 2.24) is 0 Å². The minimum absolute atomic E-state index is 0.0104. The van der Waals surface area contributed by atoms with Crippen LogP contribution < -0.4 is 10.1 Å². The van der Waals surface area contributed by atoms with Gasteiger partial charge in [-0.3, -0.25) is 4.79 Å². The third-order valence-electron chi connectivity index (χ3n) is 4.86. The third-order valence-corrected chi connectivity index (χ3v) is 6.06. The number of nitriles is 1. The fourth-order valence-corrected chi connectivity index (χ4v) is 4.63. The van der Waals surface area contributed by atoms with Crippen LogP contribution in [0.4, 0.5) is 5.00 Å². The van der Waals surface area contributed by atoms with Gasteiger partial charge in [0, 0.05) is 4.88 Å². The highest BCUT2D eigenvalue weighted by atomic mass is 32.1. The standard InChI is InChI=1S/C23H20N2O5S/c24-12-18-17-8-4-5-9-20(17)31-22(18)25-21(26)14-29-23(27)19-11-10-16(30-19)13-28-15-6-2-1-3-7-15/h1-3,6-7,10-11H,4-5,8-9,13-14H2,(H,25,26). The molecule has 4 rings (SSSR count). The topological polar surface area (TPSA) is 102 Å². The summed E-state index contributed by atoms with van der Waals surface area (Å²) < 4.78 is 16.1. The number of aryl methyl sites for hydroxylation is 1. The molecule has 1 N–H and O–H groups in total. The van der Waals surface area contributed by atoms with Crippen LogP contribution in [0.2, 0.25) is 0 Å². The van der Waals surface area contributed by atoms with E-state index in [-0.39, 0.29) is 12.4 Å². The minimum Gasteiger partial charge on any atom is -0.486 e. The summed E-state index contributed by atoms with van der Waals surface area (Å²) in [4.78, 5) is 25.6. The normalized spacial score (nSPS) is 12.5. The van der Waals surface area contributed by atoms with E-state index in [1.807, 2.05) is 30.3 Å². The Bertz CT molecular complexity index is 1130. The molecule has 0 bridgehead atoms. The van der Waals surface area contributed by atoms with Gasteiger partial charge in [0.05, 0.1) is 5.56 Å². The Morgan fingerprint density at radius 3 is 2.74 bits per heavy atom. The largest absolute Gasteiger partial charge is 0.486 e. The van der Waals surface area contributed by atoms with Crippen molar-refractivity contribution in [2.24, 2.45) is 0 Å². The molecule has 1 amide bonds. The van der Waals surface area contributed by atoms with E-state index < -0.39 is 18.5 Å². The van der Waals surface area contributed by atoms with Crippen LogP contribution in [-0.2, 0) is 29.0 Å². The Balaban J connectivity index is 1.29. The molecule has 31 heavy (non-hydrogen) atoms. The number of hydrogen-bond acceptors (Lipinski definition) is 7. The number of furan rings is 1. The Kier molecular flexibility index (Phi) is 6.34. The molecule has 0 atom stereocenters. The third kappa shape index (κ3) is 4.95. The summed E-state index contributed by atoms with van der Waals surface area (Å²) in [7, 11) is 0. The molecule has 0 aliphatic heterocycles. The first-order chi connectivity index (χ1) is 15.1. The molecule has 0 spiro atoms. The summed E-state index contributed by atoms with van der Waals surface area (Å²) in [6.45, 7) is -0.305. The van der Waals surface area contributed by atoms with Gasteiger partial charge in [-0.2, -0.15) is 5.26 Å². The van der Waals surface area contributed by atoms with Crippen molar-refractivity contribution in [3.8, 4) is 11.8 Å². The van der Waals surface area contributed by atoms with Crippen molar-refractivity contribution >= 4 is 28.2 Å². The second-order valence-electron chi connectivity index (χ2n) is 7.02. The number of nitrogens with zero attached hydrogens (tertiary/aromatic N) is 1. The summed E-state index contributed by atoms with van der Waals surface area (Å²) in [5.74, 6) is -0.103. The van der Waals surface area contributed by atoms with Crippen LogP contribution in [0.5, 0.6) is 5.75 Å². The van der Waals surface area contributed by atoms with Crippen molar-refractivity contribution in [3.05, 3.63) is 70.0 Å². The molecule has 3 aromatic rings. The number of thiophene rings is 1. The predicted molar refractivity (Wildman–Crippen MR) is 114 cm³/mol. The monoisotopic (exact) mass is 436 g/mol. The number of fused-ring (bicyclic) bond motifs is 1. The van der Waals surface area contributed by atoms with E-state index in [1.54, 1.807) is 6.07 Å². The van der Waals surface area contributed by atoms with Gasteiger partial charge in [0.1, 0.15) is 29.2 Å². The Morgan fingerprint density at radius 2 is 1.94 bits per heavy atom. The van der Waals surface area contributed by atoms with E-state index in [1.165, 1.54) is 17.4 Å². The van der Waals surface area contributed by atoms with Gasteiger partial charge in [-0.1, -0.05) is 18.2 Å². The van der Waals surface area contributed by atoms with Crippen LogP contribution in [0.25, 0.3) is 0 Å². The SMILES string of the molecule is N#Cc1c(NC(=O)COC(=O)c2ccc(COc3ccccc3)o2)sc2c1CCCC2. The Hall–Kier alpha value is -3.57. The molecule has 0 unspecified atom stereocenters. The number of anilines is 1. The number of carbonyl (C=O) groups excluding carboxylic acids is 2. The number of amides is 1. The molecule has 7 nitrogen and oxygen atoms in total. The van der Waals surface area contributed by atoms with Crippen molar-refractivity contribution in [1.29, 1.82) is 5.26 Å². The van der Waals surface area contributed by atoms with E-state index in [2.05, 4.69) is 11.4 Å². The van der Waals surface area contributed by atoms with E-state index >= 15 is 0 Å². The lowest BCUT2D eigenvalue weighted by Crippen LogP contribution is -2.20. The van der Waals surface area contributed by atoms with Crippen LogP contribution in [-0.4, -0.2) is 18.5 Å². The lowest BCUT2D eigenvalue weighted by molar-refractivity contribution is -0.119. The second-order valence-corrected chi connectivity index (χ2v) is 8.12. The predicted octanol–water partition coefficient (Wildman–Crippen LogP) is 4.47. The molecule has 2 heterocycles. The van der Waals surface area contributed by atoms with Gasteiger partial charge >= 0.3 is 5.97 Å². The number of ether oxygens (including phenoxy) is 2. The summed E-state index contributed by atoms with van der Waals surface area (Å²) in [6.07, 6.45) is 3.92. The van der Waals surface area contributed by atoms with Crippen LogP contribution in [0.15, 0.2) is 46.9 Å². The van der Waals surface area contributed by atoms with Gasteiger partial charge in [-0.25, -0.2) is 4.79 Å². The van der Waals surface area contributed by atoms with E-state index in [4.69, 9.17) is 13.9 Å². The zero-order valence-corrected chi connectivity index (χ0v) is 17.5.